The average Bonchev–Trinajstić information content (AvgIpc) is 3.14. The zero-order chi connectivity index (χ0) is 34.8. The number of piperidine rings is 1. The van der Waals surface area contributed by atoms with Gasteiger partial charge < -0.3 is 25.6 Å². The molecular formula is C39H47N5O5. The number of nitrogens with zero attached hydrogens (tertiary/aromatic N) is 3. The number of rotatable bonds is 15. The van der Waals surface area contributed by atoms with Gasteiger partial charge >= 0.3 is 5.97 Å². The van der Waals surface area contributed by atoms with Crippen molar-refractivity contribution in [1.29, 1.82) is 0 Å². The SMILES string of the molecule is COC(=O)C1=C(C)NC(CCCCN)=C(N(C=O)CCCN2CCC(c3ccccc3)(c3ccccc3)CC2)C1c1ccc([N+](=O)[O-])cc1. The van der Waals surface area contributed by atoms with Crippen LogP contribution in [-0.2, 0) is 19.7 Å². The molecule has 3 N–H and O–H groups in total. The van der Waals surface area contributed by atoms with Crippen LogP contribution in [-0.4, -0.2) is 66.9 Å². The van der Waals surface area contributed by atoms with Gasteiger partial charge in [0.05, 0.1) is 29.2 Å². The van der Waals surface area contributed by atoms with E-state index in [0.29, 0.717) is 42.0 Å². The molecule has 0 radical (unpaired) electrons. The number of non-ortho nitro benzene ring substituents is 1. The van der Waals surface area contributed by atoms with E-state index in [2.05, 4.69) is 70.9 Å². The van der Waals surface area contributed by atoms with Gasteiger partial charge in [-0.05, 0) is 88.3 Å². The fraction of sp³-hybridized carbons (Fsp3) is 0.385. The summed E-state index contributed by atoms with van der Waals surface area (Å²) < 4.78 is 5.21. The van der Waals surface area contributed by atoms with Crippen LogP contribution in [0.3, 0.4) is 0 Å². The second-order valence-corrected chi connectivity index (χ2v) is 12.9. The van der Waals surface area contributed by atoms with E-state index < -0.39 is 16.8 Å². The summed E-state index contributed by atoms with van der Waals surface area (Å²) in [6.07, 6.45) is 5.77. The van der Waals surface area contributed by atoms with Crippen molar-refractivity contribution in [2.24, 2.45) is 5.73 Å². The Kier molecular flexibility index (Phi) is 12.0. The van der Waals surface area contributed by atoms with Crippen molar-refractivity contribution in [3.05, 3.63) is 134 Å². The molecule has 2 aliphatic heterocycles. The van der Waals surface area contributed by atoms with Crippen LogP contribution < -0.4 is 11.1 Å². The van der Waals surface area contributed by atoms with Crippen molar-refractivity contribution in [3.8, 4) is 0 Å². The molecule has 10 nitrogen and oxygen atoms in total. The number of allylic oxidation sites excluding steroid dienone is 3. The summed E-state index contributed by atoms with van der Waals surface area (Å²) in [5.74, 6) is -1.17. The number of unbranched alkanes of at least 4 members (excludes halogenated alkanes) is 1. The third-order valence-corrected chi connectivity index (χ3v) is 10.0. The second kappa shape index (κ2) is 16.5. The van der Waals surface area contributed by atoms with Crippen LogP contribution in [0.5, 0.6) is 0 Å². The van der Waals surface area contributed by atoms with Gasteiger partial charge in [0.1, 0.15) is 0 Å². The van der Waals surface area contributed by atoms with E-state index in [1.54, 1.807) is 17.0 Å². The highest BCUT2D eigenvalue weighted by Gasteiger charge is 2.39. The number of benzene rings is 3. The summed E-state index contributed by atoms with van der Waals surface area (Å²) in [5.41, 5.74) is 11.6. The minimum absolute atomic E-state index is 0.0443. The molecule has 2 heterocycles. The zero-order valence-electron chi connectivity index (χ0n) is 28.5. The van der Waals surface area contributed by atoms with Crippen LogP contribution >= 0.6 is 0 Å². The van der Waals surface area contributed by atoms with E-state index in [4.69, 9.17) is 10.5 Å². The van der Waals surface area contributed by atoms with Gasteiger partial charge in [0.2, 0.25) is 6.41 Å². The largest absolute Gasteiger partial charge is 0.466 e. The lowest BCUT2D eigenvalue weighted by molar-refractivity contribution is -0.384. The molecule has 0 bridgehead atoms. The number of ether oxygens (including phenoxy) is 1. The number of dihydropyridines is 1. The van der Waals surface area contributed by atoms with Crippen LogP contribution in [0.15, 0.2) is 108 Å². The summed E-state index contributed by atoms with van der Waals surface area (Å²) >= 11 is 0. The number of nitrogens with one attached hydrogen (secondary N) is 1. The van der Waals surface area contributed by atoms with Gasteiger partial charge in [-0.1, -0.05) is 72.8 Å². The average molecular weight is 666 g/mol. The van der Waals surface area contributed by atoms with Crippen molar-refractivity contribution in [1.82, 2.24) is 15.1 Å². The maximum absolute atomic E-state index is 13.3. The van der Waals surface area contributed by atoms with Crippen molar-refractivity contribution < 1.29 is 19.2 Å². The number of carbonyl (C=O) groups is 2. The molecule has 258 valence electrons. The van der Waals surface area contributed by atoms with Gasteiger partial charge in [-0.15, -0.1) is 0 Å². The Balaban J connectivity index is 1.38. The van der Waals surface area contributed by atoms with Crippen LogP contribution in [0.1, 0.15) is 68.1 Å². The molecule has 1 atom stereocenters. The smallest absolute Gasteiger partial charge is 0.336 e. The van der Waals surface area contributed by atoms with Crippen LogP contribution in [0.2, 0.25) is 0 Å². The number of methoxy groups -OCH3 is 1. The van der Waals surface area contributed by atoms with E-state index in [0.717, 1.165) is 63.8 Å². The van der Waals surface area contributed by atoms with Crippen LogP contribution in [0.4, 0.5) is 5.69 Å². The molecule has 1 saturated heterocycles. The van der Waals surface area contributed by atoms with Gasteiger partial charge in [-0.3, -0.25) is 14.9 Å². The number of nitro groups is 1. The molecule has 3 aromatic carbocycles. The second-order valence-electron chi connectivity index (χ2n) is 12.9. The van der Waals surface area contributed by atoms with E-state index in [1.165, 1.54) is 30.4 Å². The first-order chi connectivity index (χ1) is 23.8. The first-order valence-corrected chi connectivity index (χ1v) is 17.1. The third kappa shape index (κ3) is 7.92. The third-order valence-electron chi connectivity index (χ3n) is 10.0. The summed E-state index contributed by atoms with van der Waals surface area (Å²) in [6, 6.07) is 27.7. The number of likely N-dealkylation sites (tertiary alicyclic amines) is 1. The molecule has 0 saturated carbocycles. The molecule has 1 amide bonds. The molecule has 0 aromatic heterocycles. The first kappa shape index (κ1) is 35.5. The molecule has 3 aromatic rings. The molecule has 2 aliphatic rings. The zero-order valence-corrected chi connectivity index (χ0v) is 28.5. The minimum atomic E-state index is -0.653. The van der Waals surface area contributed by atoms with Gasteiger partial charge in [-0.25, -0.2) is 4.79 Å². The van der Waals surface area contributed by atoms with Gasteiger partial charge in [-0.2, -0.15) is 0 Å². The molecule has 5 rings (SSSR count). The van der Waals surface area contributed by atoms with Crippen molar-refractivity contribution in [2.45, 2.75) is 56.8 Å². The predicted octanol–water partition coefficient (Wildman–Crippen LogP) is 6.00. The van der Waals surface area contributed by atoms with E-state index in [-0.39, 0.29) is 11.1 Å². The highest BCUT2D eigenvalue weighted by Crippen LogP contribution is 2.43. The fourth-order valence-corrected chi connectivity index (χ4v) is 7.47. The van der Waals surface area contributed by atoms with Gasteiger partial charge in [0.15, 0.2) is 0 Å². The van der Waals surface area contributed by atoms with Crippen molar-refractivity contribution in [3.63, 3.8) is 0 Å². The summed E-state index contributed by atoms with van der Waals surface area (Å²) in [7, 11) is 1.33. The molecular weight excluding hydrogens is 618 g/mol. The number of hydrogen-bond donors (Lipinski definition) is 2. The molecule has 0 spiro atoms. The van der Waals surface area contributed by atoms with Gasteiger partial charge in [0, 0.05) is 35.5 Å². The van der Waals surface area contributed by atoms with E-state index in [1.807, 2.05) is 6.92 Å². The normalized spacial score (nSPS) is 17.7. The predicted molar refractivity (Wildman–Crippen MR) is 190 cm³/mol. The lowest BCUT2D eigenvalue weighted by atomic mass is 9.68. The summed E-state index contributed by atoms with van der Waals surface area (Å²) in [5, 5.41) is 14.9. The maximum Gasteiger partial charge on any atom is 0.336 e. The molecule has 1 unspecified atom stereocenters. The monoisotopic (exact) mass is 665 g/mol. The molecule has 49 heavy (non-hydrogen) atoms. The van der Waals surface area contributed by atoms with Crippen LogP contribution in [0.25, 0.3) is 0 Å². The summed E-state index contributed by atoms with van der Waals surface area (Å²) in [6.45, 7) is 5.47. The minimum Gasteiger partial charge on any atom is -0.466 e. The lowest BCUT2D eigenvalue weighted by Gasteiger charge is -2.43. The number of esters is 1. The number of nitrogens with two attached hydrogens (primary N) is 1. The molecule has 1 fully saturated rings. The Hall–Kier alpha value is -4.80. The van der Waals surface area contributed by atoms with Gasteiger partial charge in [0.25, 0.3) is 5.69 Å². The number of amides is 1. The number of nitro benzene ring substituents is 1. The van der Waals surface area contributed by atoms with E-state index >= 15 is 0 Å². The van der Waals surface area contributed by atoms with Crippen molar-refractivity contribution in [2.75, 3.05) is 39.8 Å². The maximum atomic E-state index is 13.3. The first-order valence-electron chi connectivity index (χ1n) is 17.1. The number of hydrogen-bond acceptors (Lipinski definition) is 8. The van der Waals surface area contributed by atoms with E-state index in [9.17, 15) is 19.7 Å². The Morgan fingerprint density at radius 1 is 1.00 bits per heavy atom. The quantitative estimate of drug-likeness (QED) is 0.0665. The number of carbonyl (C=O) groups excluding carboxylic acids is 2. The Morgan fingerprint density at radius 3 is 2.14 bits per heavy atom. The highest BCUT2D eigenvalue weighted by molar-refractivity contribution is 5.92. The Labute approximate surface area is 288 Å². The highest BCUT2D eigenvalue weighted by atomic mass is 16.6. The topological polar surface area (TPSA) is 131 Å². The Morgan fingerprint density at radius 2 is 1.61 bits per heavy atom. The van der Waals surface area contributed by atoms with Crippen LogP contribution in [0, 0.1) is 10.1 Å². The lowest BCUT2D eigenvalue weighted by Crippen LogP contribution is -2.44. The fourth-order valence-electron chi connectivity index (χ4n) is 7.47. The standard InChI is InChI=1S/C39H47N5O5/c1-29-35(38(46)49-2)36(30-17-19-33(20-18-30)44(47)48)37(34(41-29)16-9-10-23-40)43(28-45)25-11-24-42-26-21-39(22-27-42,31-12-5-3-6-13-31)32-14-7-4-8-15-32/h3-8,12-15,17-20,28,36,41H,9-11,16,21-27,40H2,1-2H3. The molecule has 0 aliphatic carbocycles. The summed E-state index contributed by atoms with van der Waals surface area (Å²) in [4.78, 5) is 41.3. The van der Waals surface area contributed by atoms with Crippen molar-refractivity contribution >= 4 is 18.1 Å². The Bertz CT molecular complexity index is 1610. The molecule has 10 heteroatoms.